The van der Waals surface area contributed by atoms with Gasteiger partial charge in [-0.3, -0.25) is 0 Å². The maximum Gasteiger partial charge on any atom is 0.231 e. The van der Waals surface area contributed by atoms with Gasteiger partial charge in [0, 0.05) is 19.6 Å². The van der Waals surface area contributed by atoms with Crippen molar-refractivity contribution in [3.05, 3.63) is 0 Å². The van der Waals surface area contributed by atoms with E-state index in [1.54, 1.807) is 0 Å². The second-order valence-corrected chi connectivity index (χ2v) is 5.88. The molecule has 3 N–H and O–H groups in total. The molecule has 0 aromatic carbocycles. The Hall–Kier alpha value is -1.59. The molecular formula is C14H24N6. The maximum absolute atomic E-state index is 5.81. The van der Waals surface area contributed by atoms with Crippen molar-refractivity contribution in [1.82, 2.24) is 15.0 Å². The zero-order chi connectivity index (χ0) is 13.8. The largest absolute Gasteiger partial charge is 0.368 e. The zero-order valence-electron chi connectivity index (χ0n) is 12.0. The molecule has 0 bridgehead atoms. The van der Waals surface area contributed by atoms with Gasteiger partial charge in [0.1, 0.15) is 0 Å². The van der Waals surface area contributed by atoms with Gasteiger partial charge >= 0.3 is 0 Å². The van der Waals surface area contributed by atoms with E-state index in [0.717, 1.165) is 31.5 Å². The summed E-state index contributed by atoms with van der Waals surface area (Å²) in [5, 5.41) is 3.30. The van der Waals surface area contributed by atoms with Crippen molar-refractivity contribution in [2.75, 3.05) is 35.6 Å². The van der Waals surface area contributed by atoms with Gasteiger partial charge in [-0.25, -0.2) is 0 Å². The Bertz CT molecular complexity index is 439. The van der Waals surface area contributed by atoms with Crippen LogP contribution < -0.4 is 16.0 Å². The van der Waals surface area contributed by atoms with Crippen LogP contribution in [0.25, 0.3) is 0 Å². The van der Waals surface area contributed by atoms with Gasteiger partial charge in [0.15, 0.2) is 0 Å². The lowest BCUT2D eigenvalue weighted by Crippen LogP contribution is -2.31. The summed E-state index contributed by atoms with van der Waals surface area (Å²) in [5.74, 6) is 2.55. The highest BCUT2D eigenvalue weighted by atomic mass is 15.3. The van der Waals surface area contributed by atoms with E-state index in [9.17, 15) is 0 Å². The molecule has 6 nitrogen and oxygen atoms in total. The summed E-state index contributed by atoms with van der Waals surface area (Å²) in [6.45, 7) is 2.96. The molecule has 2 fully saturated rings. The molecule has 1 saturated heterocycles. The van der Waals surface area contributed by atoms with Crippen LogP contribution in [0.5, 0.6) is 0 Å². The standard InChI is InChI=1S/C14H24N6/c15-12-17-13(16-8-7-11-5-4-6-11)19-14(18-12)20-9-2-1-3-10-20/h11H,1-10H2,(H3,15,16,17,18,19). The fraction of sp³-hybridized carbons (Fsp3) is 0.786. The molecule has 3 rings (SSSR count). The number of anilines is 3. The number of nitrogen functional groups attached to an aromatic ring is 1. The molecule has 0 atom stereocenters. The number of piperidine rings is 1. The molecule has 1 aliphatic carbocycles. The van der Waals surface area contributed by atoms with Crippen LogP contribution in [0.1, 0.15) is 44.9 Å². The van der Waals surface area contributed by atoms with Crippen molar-refractivity contribution in [2.45, 2.75) is 44.9 Å². The van der Waals surface area contributed by atoms with Gasteiger partial charge in [-0.2, -0.15) is 15.0 Å². The van der Waals surface area contributed by atoms with Crippen molar-refractivity contribution in [1.29, 1.82) is 0 Å². The summed E-state index contributed by atoms with van der Waals surface area (Å²) in [7, 11) is 0. The van der Waals surface area contributed by atoms with E-state index in [1.807, 2.05) is 0 Å². The Labute approximate surface area is 120 Å². The van der Waals surface area contributed by atoms with E-state index in [0.29, 0.717) is 11.9 Å². The van der Waals surface area contributed by atoms with Gasteiger partial charge in [0.25, 0.3) is 0 Å². The van der Waals surface area contributed by atoms with Gasteiger partial charge in [-0.05, 0) is 31.6 Å². The number of nitrogens with two attached hydrogens (primary N) is 1. The number of hydrogen-bond donors (Lipinski definition) is 2. The Kier molecular flexibility index (Phi) is 4.18. The minimum atomic E-state index is 0.312. The normalized spacial score (nSPS) is 19.7. The van der Waals surface area contributed by atoms with Gasteiger partial charge in [-0.1, -0.05) is 19.3 Å². The van der Waals surface area contributed by atoms with E-state index >= 15 is 0 Å². The Morgan fingerprint density at radius 1 is 1.05 bits per heavy atom. The fourth-order valence-electron chi connectivity index (χ4n) is 2.86. The number of rotatable bonds is 5. The minimum Gasteiger partial charge on any atom is -0.368 e. The highest BCUT2D eigenvalue weighted by molar-refractivity contribution is 5.42. The minimum absolute atomic E-state index is 0.312. The van der Waals surface area contributed by atoms with Crippen LogP contribution >= 0.6 is 0 Å². The third kappa shape index (κ3) is 3.29. The number of nitrogens with zero attached hydrogens (tertiary/aromatic N) is 4. The van der Waals surface area contributed by atoms with Gasteiger partial charge in [-0.15, -0.1) is 0 Å². The summed E-state index contributed by atoms with van der Waals surface area (Å²) >= 11 is 0. The van der Waals surface area contributed by atoms with Crippen molar-refractivity contribution in [2.24, 2.45) is 5.92 Å². The Morgan fingerprint density at radius 3 is 2.55 bits per heavy atom. The first-order valence-corrected chi connectivity index (χ1v) is 7.81. The Morgan fingerprint density at radius 2 is 1.85 bits per heavy atom. The molecule has 20 heavy (non-hydrogen) atoms. The van der Waals surface area contributed by atoms with E-state index in [2.05, 4.69) is 25.2 Å². The summed E-state index contributed by atoms with van der Waals surface area (Å²) in [6, 6.07) is 0. The summed E-state index contributed by atoms with van der Waals surface area (Å²) in [4.78, 5) is 15.2. The topological polar surface area (TPSA) is 80.0 Å². The molecule has 0 amide bonds. The van der Waals surface area contributed by atoms with E-state index in [1.165, 1.54) is 44.9 Å². The lowest BCUT2D eigenvalue weighted by atomic mass is 9.83. The molecule has 0 radical (unpaired) electrons. The molecule has 6 heteroatoms. The number of nitrogens with one attached hydrogen (secondary N) is 1. The summed E-state index contributed by atoms with van der Waals surface area (Å²) in [5.41, 5.74) is 5.81. The van der Waals surface area contributed by atoms with Crippen LogP contribution in [0.4, 0.5) is 17.8 Å². The highest BCUT2D eigenvalue weighted by Gasteiger charge is 2.18. The zero-order valence-corrected chi connectivity index (χ0v) is 12.0. The van der Waals surface area contributed by atoms with Crippen LogP contribution in [0.3, 0.4) is 0 Å². The van der Waals surface area contributed by atoms with Gasteiger partial charge in [0.2, 0.25) is 17.8 Å². The lowest BCUT2D eigenvalue weighted by Gasteiger charge is -2.27. The average molecular weight is 276 g/mol. The first-order valence-electron chi connectivity index (χ1n) is 7.81. The fourth-order valence-corrected chi connectivity index (χ4v) is 2.86. The second-order valence-electron chi connectivity index (χ2n) is 5.88. The lowest BCUT2D eigenvalue weighted by molar-refractivity contribution is 0.303. The van der Waals surface area contributed by atoms with Crippen LogP contribution in [-0.2, 0) is 0 Å². The van der Waals surface area contributed by atoms with Crippen molar-refractivity contribution in [3.8, 4) is 0 Å². The molecule has 0 spiro atoms. The molecular weight excluding hydrogens is 252 g/mol. The van der Waals surface area contributed by atoms with E-state index in [4.69, 9.17) is 5.73 Å². The number of aromatic nitrogens is 3. The summed E-state index contributed by atoms with van der Waals surface area (Å²) in [6.07, 6.45) is 9.04. The molecule has 1 saturated carbocycles. The SMILES string of the molecule is Nc1nc(NCCC2CCC2)nc(N2CCCCC2)n1. The van der Waals surface area contributed by atoms with E-state index in [-0.39, 0.29) is 0 Å². The Balaban J connectivity index is 1.59. The number of hydrogen-bond acceptors (Lipinski definition) is 6. The van der Waals surface area contributed by atoms with Crippen molar-refractivity contribution < 1.29 is 0 Å². The molecule has 1 aliphatic heterocycles. The highest BCUT2D eigenvalue weighted by Crippen LogP contribution is 2.29. The second kappa shape index (κ2) is 6.24. The quantitative estimate of drug-likeness (QED) is 0.856. The van der Waals surface area contributed by atoms with Gasteiger partial charge < -0.3 is 16.0 Å². The maximum atomic E-state index is 5.81. The first kappa shape index (κ1) is 13.4. The first-order chi connectivity index (χ1) is 9.81. The summed E-state index contributed by atoms with van der Waals surface area (Å²) < 4.78 is 0. The third-order valence-corrected chi connectivity index (χ3v) is 4.34. The molecule has 110 valence electrons. The molecule has 0 unspecified atom stereocenters. The predicted octanol–water partition coefficient (Wildman–Crippen LogP) is 2.05. The smallest absolute Gasteiger partial charge is 0.231 e. The molecule has 2 aliphatic rings. The van der Waals surface area contributed by atoms with Gasteiger partial charge in [0.05, 0.1) is 0 Å². The van der Waals surface area contributed by atoms with Crippen LogP contribution in [0.15, 0.2) is 0 Å². The van der Waals surface area contributed by atoms with Crippen LogP contribution in [-0.4, -0.2) is 34.6 Å². The van der Waals surface area contributed by atoms with Crippen LogP contribution in [0.2, 0.25) is 0 Å². The average Bonchev–Trinajstić information content (AvgIpc) is 2.42. The predicted molar refractivity (Wildman–Crippen MR) is 80.8 cm³/mol. The van der Waals surface area contributed by atoms with E-state index < -0.39 is 0 Å². The third-order valence-electron chi connectivity index (χ3n) is 4.34. The molecule has 1 aromatic rings. The molecule has 1 aromatic heterocycles. The van der Waals surface area contributed by atoms with Crippen LogP contribution in [0, 0.1) is 5.92 Å². The monoisotopic (exact) mass is 276 g/mol. The van der Waals surface area contributed by atoms with Crippen molar-refractivity contribution in [3.63, 3.8) is 0 Å². The van der Waals surface area contributed by atoms with Crippen molar-refractivity contribution >= 4 is 17.8 Å². The molecule has 2 heterocycles.